The van der Waals surface area contributed by atoms with Gasteiger partial charge in [0.2, 0.25) is 15.9 Å². The second kappa shape index (κ2) is 9.82. The van der Waals surface area contributed by atoms with Crippen molar-refractivity contribution in [1.29, 1.82) is 0 Å². The van der Waals surface area contributed by atoms with Crippen molar-refractivity contribution in [3.63, 3.8) is 0 Å². The summed E-state index contributed by atoms with van der Waals surface area (Å²) < 4.78 is 31.2. The number of carbonyl (C=O) groups excluding carboxylic acids is 2. The van der Waals surface area contributed by atoms with E-state index in [0.29, 0.717) is 25.0 Å². The minimum Gasteiger partial charge on any atom is -0.368 e. The zero-order valence-corrected chi connectivity index (χ0v) is 21.4. The number of carbonyl (C=O) groups is 2. The third kappa shape index (κ3) is 5.10. The highest BCUT2D eigenvalue weighted by atomic mass is 32.2. The summed E-state index contributed by atoms with van der Waals surface area (Å²) in [4.78, 5) is 30.0. The Hall–Kier alpha value is -1.19. The van der Waals surface area contributed by atoms with E-state index in [0.717, 1.165) is 57.8 Å². The van der Waals surface area contributed by atoms with Crippen LogP contribution in [0.1, 0.15) is 71.6 Å². The molecule has 0 aromatic rings. The van der Waals surface area contributed by atoms with Gasteiger partial charge in [-0.2, -0.15) is 0 Å². The fraction of sp³-hybridized carbons (Fsp3) is 0.917. The molecule has 33 heavy (non-hydrogen) atoms. The molecular weight excluding hydrogens is 442 g/mol. The molecule has 0 N–H and O–H groups in total. The van der Waals surface area contributed by atoms with Gasteiger partial charge in [-0.25, -0.2) is 12.7 Å². The number of rotatable bonds is 4. The van der Waals surface area contributed by atoms with Gasteiger partial charge in [0.1, 0.15) is 6.10 Å². The lowest BCUT2D eigenvalue weighted by molar-refractivity contribution is -0.160. The molecule has 2 heterocycles. The Morgan fingerprint density at radius 2 is 1.64 bits per heavy atom. The van der Waals surface area contributed by atoms with Crippen LogP contribution < -0.4 is 0 Å². The van der Waals surface area contributed by atoms with Crippen LogP contribution in [0.25, 0.3) is 0 Å². The number of hydrogen-bond donors (Lipinski definition) is 0. The maximum Gasteiger partial charge on any atom is 0.252 e. The van der Waals surface area contributed by atoms with Crippen molar-refractivity contribution >= 4 is 21.8 Å². The lowest BCUT2D eigenvalue weighted by Gasteiger charge is -2.55. The fourth-order valence-electron chi connectivity index (χ4n) is 7.05. The molecule has 5 atom stereocenters. The van der Waals surface area contributed by atoms with E-state index in [4.69, 9.17) is 4.74 Å². The minimum atomic E-state index is -3.17. The molecule has 2 aliphatic carbocycles. The normalized spacial score (nSPS) is 37.8. The number of sulfonamides is 1. The molecule has 0 bridgehead atoms. The van der Waals surface area contributed by atoms with Crippen molar-refractivity contribution < 1.29 is 22.7 Å². The first-order valence-corrected chi connectivity index (χ1v) is 14.6. The molecule has 0 aromatic heterocycles. The Balaban J connectivity index is 1.46. The second-order valence-electron chi connectivity index (χ2n) is 10.8. The second-order valence-corrected chi connectivity index (χ2v) is 12.9. The standard InChI is InChI=1S/C24H41N3O5S/c1-16-15-26(24(29)23-6-5-13-32-23)22-14-19(9-12-21(22)27(16)17(2)28)18-7-10-20(11-8-18)25(3)33(4,30)31/h16,18-23H,5-15H2,1-4H3/t16-,18?,19?,20?,21?,22?,23?/m0/s1. The van der Waals surface area contributed by atoms with Gasteiger partial charge in [0.25, 0.3) is 5.91 Å². The van der Waals surface area contributed by atoms with Crippen LogP contribution in [0, 0.1) is 11.8 Å². The maximum absolute atomic E-state index is 13.4. The van der Waals surface area contributed by atoms with E-state index < -0.39 is 10.0 Å². The van der Waals surface area contributed by atoms with Crippen LogP contribution in [0.2, 0.25) is 0 Å². The van der Waals surface area contributed by atoms with E-state index >= 15 is 0 Å². The average molecular weight is 484 g/mol. The number of fused-ring (bicyclic) bond motifs is 1. The number of ether oxygens (including phenoxy) is 1. The lowest BCUT2D eigenvalue weighted by Crippen LogP contribution is -2.68. The number of piperazine rings is 1. The molecule has 4 unspecified atom stereocenters. The molecule has 0 radical (unpaired) electrons. The predicted octanol–water partition coefficient (Wildman–Crippen LogP) is 2.23. The third-order valence-electron chi connectivity index (χ3n) is 8.81. The van der Waals surface area contributed by atoms with Crippen LogP contribution in [0.4, 0.5) is 0 Å². The number of hydrogen-bond acceptors (Lipinski definition) is 5. The summed E-state index contributed by atoms with van der Waals surface area (Å²) in [5.41, 5.74) is 0. The van der Waals surface area contributed by atoms with Gasteiger partial charge in [0.05, 0.1) is 18.3 Å². The predicted molar refractivity (Wildman–Crippen MR) is 126 cm³/mol. The van der Waals surface area contributed by atoms with E-state index in [-0.39, 0.29) is 42.1 Å². The minimum absolute atomic E-state index is 0.0209. The zero-order chi connectivity index (χ0) is 23.9. The summed E-state index contributed by atoms with van der Waals surface area (Å²) >= 11 is 0. The van der Waals surface area contributed by atoms with Crippen molar-refractivity contribution in [1.82, 2.24) is 14.1 Å². The quantitative estimate of drug-likeness (QED) is 0.612. The largest absolute Gasteiger partial charge is 0.368 e. The van der Waals surface area contributed by atoms with Crippen molar-refractivity contribution in [2.75, 3.05) is 26.5 Å². The number of nitrogens with zero attached hydrogens (tertiary/aromatic N) is 3. The molecule has 4 rings (SSSR count). The highest BCUT2D eigenvalue weighted by Crippen LogP contribution is 2.43. The molecule has 8 nitrogen and oxygen atoms in total. The van der Waals surface area contributed by atoms with Gasteiger partial charge in [-0.05, 0) is 76.5 Å². The van der Waals surface area contributed by atoms with E-state index in [1.54, 1.807) is 14.0 Å². The first-order valence-electron chi connectivity index (χ1n) is 12.7. The fourth-order valence-corrected chi connectivity index (χ4v) is 7.80. The van der Waals surface area contributed by atoms with Crippen molar-refractivity contribution in [2.24, 2.45) is 11.8 Å². The molecule has 4 aliphatic rings. The smallest absolute Gasteiger partial charge is 0.252 e. The van der Waals surface area contributed by atoms with Gasteiger partial charge in [-0.3, -0.25) is 9.59 Å². The van der Waals surface area contributed by atoms with Gasteiger partial charge in [0, 0.05) is 39.2 Å². The maximum atomic E-state index is 13.4. The third-order valence-corrected chi connectivity index (χ3v) is 10.2. The van der Waals surface area contributed by atoms with E-state index in [1.165, 1.54) is 10.6 Å². The van der Waals surface area contributed by atoms with Crippen LogP contribution >= 0.6 is 0 Å². The van der Waals surface area contributed by atoms with E-state index in [2.05, 4.69) is 11.8 Å². The summed E-state index contributed by atoms with van der Waals surface area (Å²) in [6, 6.07) is 0.249. The first kappa shape index (κ1) is 24.9. The van der Waals surface area contributed by atoms with Gasteiger partial charge in [-0.1, -0.05) is 0 Å². The van der Waals surface area contributed by atoms with Crippen LogP contribution in [0.15, 0.2) is 0 Å². The molecule has 188 valence electrons. The molecule has 2 saturated heterocycles. The summed E-state index contributed by atoms with van der Waals surface area (Å²) in [6.45, 7) is 4.94. The van der Waals surface area contributed by atoms with Crippen molar-refractivity contribution in [3.05, 3.63) is 0 Å². The Labute approximate surface area is 199 Å². The summed E-state index contributed by atoms with van der Waals surface area (Å²) in [5.74, 6) is 1.28. The van der Waals surface area contributed by atoms with Gasteiger partial charge in [0.15, 0.2) is 0 Å². The Kier molecular flexibility index (Phi) is 7.41. The summed E-state index contributed by atoms with van der Waals surface area (Å²) in [6.07, 6.45) is 9.44. The first-order chi connectivity index (χ1) is 15.6. The molecule has 0 aromatic carbocycles. The SMILES string of the molecule is CC(=O)N1C2CCC(C3CCC(N(C)S(C)(=O)=O)CC3)CC2N(C(=O)C2CCCO2)C[C@@H]1C. The molecule has 2 aliphatic heterocycles. The summed E-state index contributed by atoms with van der Waals surface area (Å²) in [7, 11) is -1.47. The van der Waals surface area contributed by atoms with Gasteiger partial charge < -0.3 is 14.5 Å². The highest BCUT2D eigenvalue weighted by molar-refractivity contribution is 7.88. The number of amides is 2. The van der Waals surface area contributed by atoms with Crippen LogP contribution in [0.3, 0.4) is 0 Å². The monoisotopic (exact) mass is 483 g/mol. The van der Waals surface area contributed by atoms with E-state index in [1.807, 2.05) is 4.90 Å². The molecule has 2 saturated carbocycles. The Bertz CT molecular complexity index is 835. The zero-order valence-electron chi connectivity index (χ0n) is 20.6. The topological polar surface area (TPSA) is 87.2 Å². The van der Waals surface area contributed by atoms with Crippen LogP contribution in [-0.4, -0.2) is 91.1 Å². The molecular formula is C24H41N3O5S. The molecule has 4 fully saturated rings. The van der Waals surface area contributed by atoms with Crippen LogP contribution in [0.5, 0.6) is 0 Å². The Morgan fingerprint density at radius 1 is 0.970 bits per heavy atom. The average Bonchev–Trinajstić information content (AvgIpc) is 3.31. The molecule has 0 spiro atoms. The summed E-state index contributed by atoms with van der Waals surface area (Å²) in [5, 5.41) is 0. The van der Waals surface area contributed by atoms with E-state index in [9.17, 15) is 18.0 Å². The lowest BCUT2D eigenvalue weighted by atomic mass is 9.68. The highest BCUT2D eigenvalue weighted by Gasteiger charge is 2.48. The Morgan fingerprint density at radius 3 is 2.21 bits per heavy atom. The van der Waals surface area contributed by atoms with Crippen LogP contribution in [-0.2, 0) is 24.3 Å². The molecule has 9 heteroatoms. The molecule has 2 amide bonds. The van der Waals surface area contributed by atoms with Crippen molar-refractivity contribution in [3.8, 4) is 0 Å². The van der Waals surface area contributed by atoms with Gasteiger partial charge in [-0.15, -0.1) is 0 Å². The van der Waals surface area contributed by atoms with Crippen molar-refractivity contribution in [2.45, 2.75) is 102 Å². The van der Waals surface area contributed by atoms with Gasteiger partial charge >= 0.3 is 0 Å².